The van der Waals surface area contributed by atoms with Gasteiger partial charge in [0, 0.05) is 17.3 Å². The maximum absolute atomic E-state index is 12.4. The van der Waals surface area contributed by atoms with E-state index in [0.29, 0.717) is 22.6 Å². The lowest BCUT2D eigenvalue weighted by molar-refractivity contribution is 0.0938. The number of ether oxygens (including phenoxy) is 1. The molecule has 0 bridgehead atoms. The molecule has 0 aromatic heterocycles. The van der Waals surface area contributed by atoms with Crippen LogP contribution in [0.3, 0.4) is 0 Å². The Hall–Kier alpha value is -2.82. The van der Waals surface area contributed by atoms with Crippen molar-refractivity contribution in [2.75, 3.05) is 12.4 Å². The van der Waals surface area contributed by atoms with E-state index in [1.807, 2.05) is 13.8 Å². The molecule has 0 saturated carbocycles. The smallest absolute Gasteiger partial charge is 0.259 e. The zero-order valence-corrected chi connectivity index (χ0v) is 14.1. The molecule has 0 aliphatic carbocycles. The fourth-order valence-electron chi connectivity index (χ4n) is 2.18. The number of rotatable bonds is 6. The van der Waals surface area contributed by atoms with Gasteiger partial charge in [0.25, 0.3) is 11.8 Å². The molecule has 0 aliphatic heterocycles. The van der Waals surface area contributed by atoms with E-state index >= 15 is 0 Å². The maximum atomic E-state index is 12.4. The van der Waals surface area contributed by atoms with E-state index in [1.54, 1.807) is 48.5 Å². The van der Waals surface area contributed by atoms with E-state index in [0.717, 1.165) is 6.42 Å². The molecule has 0 fully saturated rings. The van der Waals surface area contributed by atoms with Crippen molar-refractivity contribution in [1.82, 2.24) is 5.32 Å². The fourth-order valence-corrected chi connectivity index (χ4v) is 2.18. The minimum atomic E-state index is -0.285. The van der Waals surface area contributed by atoms with Crippen molar-refractivity contribution < 1.29 is 14.3 Å². The zero-order valence-electron chi connectivity index (χ0n) is 14.1. The molecular weight excluding hydrogens is 304 g/mol. The van der Waals surface area contributed by atoms with Crippen molar-refractivity contribution in [3.63, 3.8) is 0 Å². The van der Waals surface area contributed by atoms with E-state index < -0.39 is 0 Å². The summed E-state index contributed by atoms with van der Waals surface area (Å²) in [7, 11) is 1.52. The number of methoxy groups -OCH3 is 1. The summed E-state index contributed by atoms with van der Waals surface area (Å²) in [6.07, 6.45) is 0.857. The zero-order chi connectivity index (χ0) is 17.5. The molecule has 2 N–H and O–H groups in total. The number of carbonyl (C=O) groups is 2. The normalized spacial score (nSPS) is 11.5. The summed E-state index contributed by atoms with van der Waals surface area (Å²) in [6.45, 7) is 3.96. The van der Waals surface area contributed by atoms with Gasteiger partial charge in [-0.25, -0.2) is 0 Å². The molecule has 0 radical (unpaired) electrons. The minimum absolute atomic E-state index is 0.101. The Kier molecular flexibility index (Phi) is 5.95. The molecular formula is C19H22N2O3. The highest BCUT2D eigenvalue weighted by molar-refractivity contribution is 6.06. The van der Waals surface area contributed by atoms with Crippen molar-refractivity contribution in [3.05, 3.63) is 59.7 Å². The third kappa shape index (κ3) is 4.35. The number of carbonyl (C=O) groups excluding carboxylic acids is 2. The predicted octanol–water partition coefficient (Wildman–Crippen LogP) is 3.48. The van der Waals surface area contributed by atoms with E-state index in [1.165, 1.54) is 7.11 Å². The van der Waals surface area contributed by atoms with Gasteiger partial charge in [-0.2, -0.15) is 0 Å². The molecule has 2 aromatic carbocycles. The largest absolute Gasteiger partial charge is 0.496 e. The van der Waals surface area contributed by atoms with Gasteiger partial charge in [-0.1, -0.05) is 25.1 Å². The first-order valence-corrected chi connectivity index (χ1v) is 7.90. The van der Waals surface area contributed by atoms with Crippen LogP contribution < -0.4 is 15.4 Å². The second-order valence-corrected chi connectivity index (χ2v) is 5.52. The second-order valence-electron chi connectivity index (χ2n) is 5.52. The molecule has 0 unspecified atom stereocenters. The average Bonchev–Trinajstić information content (AvgIpc) is 2.61. The van der Waals surface area contributed by atoms with Crippen LogP contribution in [0.15, 0.2) is 48.5 Å². The van der Waals surface area contributed by atoms with Crippen LogP contribution in [0.2, 0.25) is 0 Å². The van der Waals surface area contributed by atoms with Gasteiger partial charge < -0.3 is 15.4 Å². The SMILES string of the molecule is CC[C@@H](C)NC(=O)c1cccc(NC(=O)c2ccccc2OC)c1. The van der Waals surface area contributed by atoms with Crippen LogP contribution in [0.5, 0.6) is 5.75 Å². The van der Waals surface area contributed by atoms with Crippen molar-refractivity contribution in [2.45, 2.75) is 26.3 Å². The molecule has 126 valence electrons. The third-order valence-corrected chi connectivity index (χ3v) is 3.72. The molecule has 1 atom stereocenters. The molecule has 5 heteroatoms. The van der Waals surface area contributed by atoms with Crippen LogP contribution in [0, 0.1) is 0 Å². The molecule has 0 spiro atoms. The maximum Gasteiger partial charge on any atom is 0.259 e. The Morgan fingerprint density at radius 2 is 1.83 bits per heavy atom. The molecule has 2 amide bonds. The number of nitrogens with one attached hydrogen (secondary N) is 2. The van der Waals surface area contributed by atoms with Crippen LogP contribution in [-0.4, -0.2) is 25.0 Å². The summed E-state index contributed by atoms with van der Waals surface area (Å²) < 4.78 is 5.20. The summed E-state index contributed by atoms with van der Waals surface area (Å²) in [5.41, 5.74) is 1.50. The predicted molar refractivity (Wildman–Crippen MR) is 94.6 cm³/mol. The number of hydrogen-bond acceptors (Lipinski definition) is 3. The summed E-state index contributed by atoms with van der Waals surface area (Å²) in [6, 6.07) is 13.9. The van der Waals surface area contributed by atoms with E-state index in [-0.39, 0.29) is 17.9 Å². The number of amides is 2. The standard InChI is InChI=1S/C19H22N2O3/c1-4-13(2)20-18(22)14-8-7-9-15(12-14)21-19(23)16-10-5-6-11-17(16)24-3/h5-13H,4H2,1-3H3,(H,20,22)(H,21,23)/t13-/m1/s1. The Morgan fingerprint density at radius 3 is 2.54 bits per heavy atom. The topological polar surface area (TPSA) is 67.4 Å². The van der Waals surface area contributed by atoms with Crippen molar-refractivity contribution in [3.8, 4) is 5.75 Å². The van der Waals surface area contributed by atoms with Crippen LogP contribution in [-0.2, 0) is 0 Å². The molecule has 0 aliphatic rings. The van der Waals surface area contributed by atoms with Crippen LogP contribution in [0.1, 0.15) is 41.0 Å². The van der Waals surface area contributed by atoms with Gasteiger partial charge in [-0.3, -0.25) is 9.59 Å². The van der Waals surface area contributed by atoms with Gasteiger partial charge >= 0.3 is 0 Å². The second kappa shape index (κ2) is 8.15. The summed E-state index contributed by atoms with van der Waals surface area (Å²) in [5.74, 6) is 0.0605. The van der Waals surface area contributed by atoms with Gasteiger partial charge in [-0.05, 0) is 43.7 Å². The molecule has 2 rings (SSSR count). The van der Waals surface area contributed by atoms with Crippen LogP contribution in [0.4, 0.5) is 5.69 Å². The van der Waals surface area contributed by atoms with E-state index in [4.69, 9.17) is 4.74 Å². The van der Waals surface area contributed by atoms with Crippen molar-refractivity contribution in [1.29, 1.82) is 0 Å². The number of anilines is 1. The van der Waals surface area contributed by atoms with Gasteiger partial charge in [0.1, 0.15) is 5.75 Å². The highest BCUT2D eigenvalue weighted by Crippen LogP contribution is 2.19. The monoisotopic (exact) mass is 326 g/mol. The van der Waals surface area contributed by atoms with Crippen molar-refractivity contribution >= 4 is 17.5 Å². The molecule has 5 nitrogen and oxygen atoms in total. The molecule has 0 saturated heterocycles. The summed E-state index contributed by atoms with van der Waals surface area (Å²) >= 11 is 0. The third-order valence-electron chi connectivity index (χ3n) is 3.72. The average molecular weight is 326 g/mol. The Bertz CT molecular complexity index is 728. The Labute approximate surface area is 142 Å². The fraction of sp³-hybridized carbons (Fsp3) is 0.263. The highest BCUT2D eigenvalue weighted by Gasteiger charge is 2.13. The molecule has 2 aromatic rings. The van der Waals surface area contributed by atoms with Gasteiger partial charge in [0.2, 0.25) is 0 Å². The number of hydrogen-bond donors (Lipinski definition) is 2. The first kappa shape index (κ1) is 17.5. The Morgan fingerprint density at radius 1 is 1.08 bits per heavy atom. The van der Waals surface area contributed by atoms with E-state index in [9.17, 15) is 9.59 Å². The molecule has 24 heavy (non-hydrogen) atoms. The summed E-state index contributed by atoms with van der Waals surface area (Å²) in [4.78, 5) is 24.6. The quantitative estimate of drug-likeness (QED) is 0.854. The lowest BCUT2D eigenvalue weighted by Crippen LogP contribution is -2.31. The number of benzene rings is 2. The number of para-hydroxylation sites is 1. The minimum Gasteiger partial charge on any atom is -0.496 e. The van der Waals surface area contributed by atoms with Gasteiger partial charge in [-0.15, -0.1) is 0 Å². The van der Waals surface area contributed by atoms with E-state index in [2.05, 4.69) is 10.6 Å². The van der Waals surface area contributed by atoms with Gasteiger partial charge in [0.05, 0.1) is 12.7 Å². The van der Waals surface area contributed by atoms with Crippen LogP contribution in [0.25, 0.3) is 0 Å². The lowest BCUT2D eigenvalue weighted by atomic mass is 10.1. The lowest BCUT2D eigenvalue weighted by Gasteiger charge is -2.13. The Balaban J connectivity index is 2.14. The molecule has 0 heterocycles. The first-order chi connectivity index (χ1) is 11.5. The van der Waals surface area contributed by atoms with Crippen LogP contribution >= 0.6 is 0 Å². The van der Waals surface area contributed by atoms with Crippen molar-refractivity contribution in [2.24, 2.45) is 0 Å². The highest BCUT2D eigenvalue weighted by atomic mass is 16.5. The first-order valence-electron chi connectivity index (χ1n) is 7.90. The van der Waals surface area contributed by atoms with Gasteiger partial charge in [0.15, 0.2) is 0 Å². The summed E-state index contributed by atoms with van der Waals surface area (Å²) in [5, 5.41) is 5.70.